The van der Waals surface area contributed by atoms with Crippen molar-refractivity contribution in [3.8, 4) is 11.5 Å². The summed E-state index contributed by atoms with van der Waals surface area (Å²) in [5.74, 6) is 1.39. The monoisotopic (exact) mass is 422 g/mol. The van der Waals surface area contributed by atoms with Crippen LogP contribution in [-0.4, -0.2) is 48.9 Å². The summed E-state index contributed by atoms with van der Waals surface area (Å²) >= 11 is 0. The van der Waals surface area contributed by atoms with E-state index in [0.717, 1.165) is 16.7 Å². The Hall–Kier alpha value is -2.86. The predicted octanol–water partition coefficient (Wildman–Crippen LogP) is 3.39. The van der Waals surface area contributed by atoms with E-state index in [2.05, 4.69) is 0 Å². The van der Waals surface area contributed by atoms with Gasteiger partial charge in [-0.25, -0.2) is 0 Å². The van der Waals surface area contributed by atoms with E-state index in [1.54, 1.807) is 21.1 Å². The van der Waals surface area contributed by atoms with Crippen LogP contribution in [0, 0.1) is 5.41 Å². The Morgan fingerprint density at radius 2 is 1.06 bits per heavy atom. The zero-order chi connectivity index (χ0) is 22.5. The summed E-state index contributed by atoms with van der Waals surface area (Å²) in [5, 5.41) is 32.2. The highest BCUT2D eigenvalue weighted by molar-refractivity contribution is 5.54. The summed E-state index contributed by atoms with van der Waals surface area (Å²) in [5.41, 5.74) is 0.219. The number of ether oxygens (including phenoxy) is 2. The molecule has 164 valence electrons. The molecule has 1 atom stereocenters. The van der Waals surface area contributed by atoms with E-state index in [0.29, 0.717) is 11.5 Å². The molecule has 3 rings (SSSR count). The molecule has 0 spiro atoms. The third-order valence-corrected chi connectivity index (χ3v) is 6.11. The standard InChI is InChI=1S/C26H30O5/c1-25(17-27,18-28)24(29)26(19-7-5-4-6-8-19,20-9-13-22(30-2)14-10-20)21-11-15-23(31-3)16-12-21/h4-16,24,27-29H,17-18H2,1-3H3. The van der Waals surface area contributed by atoms with Crippen molar-refractivity contribution < 1.29 is 24.8 Å². The fourth-order valence-corrected chi connectivity index (χ4v) is 4.13. The number of aliphatic hydroxyl groups excluding tert-OH is 3. The fraction of sp³-hybridized carbons (Fsp3) is 0.308. The van der Waals surface area contributed by atoms with Gasteiger partial charge in [-0.05, 0) is 41.0 Å². The first kappa shape index (κ1) is 22.8. The van der Waals surface area contributed by atoms with Crippen LogP contribution in [0.15, 0.2) is 78.9 Å². The van der Waals surface area contributed by atoms with Crippen molar-refractivity contribution >= 4 is 0 Å². The first-order valence-electron chi connectivity index (χ1n) is 10.2. The molecular weight excluding hydrogens is 392 g/mol. The van der Waals surface area contributed by atoms with Crippen molar-refractivity contribution in [1.29, 1.82) is 0 Å². The van der Waals surface area contributed by atoms with Crippen LogP contribution >= 0.6 is 0 Å². The predicted molar refractivity (Wildman–Crippen MR) is 121 cm³/mol. The SMILES string of the molecule is COc1ccc(C(c2ccccc2)(c2ccc(OC)cc2)C(O)C(C)(CO)CO)cc1. The van der Waals surface area contributed by atoms with Crippen molar-refractivity contribution in [2.24, 2.45) is 5.41 Å². The third-order valence-electron chi connectivity index (χ3n) is 6.11. The molecule has 0 aliphatic rings. The van der Waals surface area contributed by atoms with Gasteiger partial charge in [-0.2, -0.15) is 0 Å². The molecule has 5 nitrogen and oxygen atoms in total. The molecule has 0 amide bonds. The van der Waals surface area contributed by atoms with Gasteiger partial charge in [0.2, 0.25) is 0 Å². The molecule has 0 saturated carbocycles. The molecular formula is C26H30O5. The third kappa shape index (κ3) is 4.04. The van der Waals surface area contributed by atoms with Crippen molar-refractivity contribution in [2.75, 3.05) is 27.4 Å². The first-order valence-corrected chi connectivity index (χ1v) is 10.2. The molecule has 0 aliphatic heterocycles. The van der Waals surface area contributed by atoms with Gasteiger partial charge in [0.15, 0.2) is 0 Å². The van der Waals surface area contributed by atoms with E-state index in [9.17, 15) is 15.3 Å². The van der Waals surface area contributed by atoms with Gasteiger partial charge in [0.1, 0.15) is 11.5 Å². The van der Waals surface area contributed by atoms with Crippen molar-refractivity contribution in [1.82, 2.24) is 0 Å². The molecule has 31 heavy (non-hydrogen) atoms. The van der Waals surface area contributed by atoms with E-state index < -0.39 is 16.9 Å². The number of aliphatic hydroxyl groups is 3. The van der Waals surface area contributed by atoms with Gasteiger partial charge >= 0.3 is 0 Å². The Morgan fingerprint density at radius 1 is 0.677 bits per heavy atom. The second kappa shape index (κ2) is 9.52. The van der Waals surface area contributed by atoms with Crippen LogP contribution in [0.4, 0.5) is 0 Å². The van der Waals surface area contributed by atoms with Gasteiger partial charge < -0.3 is 24.8 Å². The fourth-order valence-electron chi connectivity index (χ4n) is 4.13. The molecule has 5 heteroatoms. The molecule has 0 heterocycles. The lowest BCUT2D eigenvalue weighted by molar-refractivity contribution is -0.0636. The van der Waals surface area contributed by atoms with Crippen molar-refractivity contribution in [2.45, 2.75) is 18.4 Å². The van der Waals surface area contributed by atoms with Crippen LogP contribution in [0.5, 0.6) is 11.5 Å². The molecule has 3 aromatic rings. The summed E-state index contributed by atoms with van der Waals surface area (Å²) in [4.78, 5) is 0. The van der Waals surface area contributed by atoms with Gasteiger partial charge in [-0.15, -0.1) is 0 Å². The number of rotatable bonds is 9. The Morgan fingerprint density at radius 3 is 1.42 bits per heavy atom. The lowest BCUT2D eigenvalue weighted by Gasteiger charge is -2.47. The quantitative estimate of drug-likeness (QED) is 0.461. The van der Waals surface area contributed by atoms with Crippen LogP contribution in [0.1, 0.15) is 23.6 Å². The average Bonchev–Trinajstić information content (AvgIpc) is 2.85. The lowest BCUT2D eigenvalue weighted by atomic mass is 9.59. The van der Waals surface area contributed by atoms with Crippen molar-refractivity contribution in [3.63, 3.8) is 0 Å². The maximum Gasteiger partial charge on any atom is 0.118 e. The van der Waals surface area contributed by atoms with Crippen LogP contribution in [-0.2, 0) is 5.41 Å². The normalized spacial score (nSPS) is 13.0. The second-order valence-electron chi connectivity index (χ2n) is 8.00. The van der Waals surface area contributed by atoms with Gasteiger partial charge in [-0.3, -0.25) is 0 Å². The maximum absolute atomic E-state index is 11.9. The van der Waals surface area contributed by atoms with E-state index in [-0.39, 0.29) is 13.2 Å². The first-order chi connectivity index (χ1) is 15.0. The zero-order valence-electron chi connectivity index (χ0n) is 18.2. The van der Waals surface area contributed by atoms with Crippen LogP contribution in [0.25, 0.3) is 0 Å². The van der Waals surface area contributed by atoms with Crippen LogP contribution in [0.2, 0.25) is 0 Å². The van der Waals surface area contributed by atoms with E-state index in [4.69, 9.17) is 9.47 Å². The Balaban J connectivity index is 2.39. The largest absolute Gasteiger partial charge is 0.497 e. The molecule has 0 fully saturated rings. The minimum Gasteiger partial charge on any atom is -0.497 e. The van der Waals surface area contributed by atoms with Gasteiger partial charge in [0.05, 0.1) is 39.0 Å². The Labute approximate surface area is 183 Å². The number of hydrogen-bond acceptors (Lipinski definition) is 5. The number of hydrogen-bond donors (Lipinski definition) is 3. The molecule has 0 aromatic heterocycles. The molecule has 0 saturated heterocycles. The lowest BCUT2D eigenvalue weighted by Crippen LogP contribution is -2.53. The summed E-state index contributed by atoms with van der Waals surface area (Å²) in [6.45, 7) is 0.916. The Kier molecular flexibility index (Phi) is 7.01. The minimum absolute atomic E-state index is 0.383. The van der Waals surface area contributed by atoms with Gasteiger partial charge in [-0.1, -0.05) is 61.5 Å². The van der Waals surface area contributed by atoms with Gasteiger partial charge in [0, 0.05) is 5.41 Å². The van der Waals surface area contributed by atoms with E-state index in [1.165, 1.54) is 0 Å². The highest BCUT2D eigenvalue weighted by Gasteiger charge is 2.51. The molecule has 0 aliphatic carbocycles. The summed E-state index contributed by atoms with van der Waals surface area (Å²) in [6.07, 6.45) is -1.15. The smallest absolute Gasteiger partial charge is 0.118 e. The van der Waals surface area contributed by atoms with Gasteiger partial charge in [0.25, 0.3) is 0 Å². The van der Waals surface area contributed by atoms with Crippen molar-refractivity contribution in [3.05, 3.63) is 95.6 Å². The Bertz CT molecular complexity index is 900. The minimum atomic E-state index is -1.17. The molecule has 3 aromatic carbocycles. The molecule has 0 radical (unpaired) electrons. The van der Waals surface area contributed by atoms with Crippen LogP contribution < -0.4 is 9.47 Å². The molecule has 1 unspecified atom stereocenters. The topological polar surface area (TPSA) is 79.2 Å². The number of methoxy groups -OCH3 is 2. The summed E-state index contributed by atoms with van der Waals surface area (Å²) in [6, 6.07) is 24.7. The van der Waals surface area contributed by atoms with Crippen LogP contribution in [0.3, 0.4) is 0 Å². The average molecular weight is 423 g/mol. The maximum atomic E-state index is 11.9. The number of benzene rings is 3. The highest BCUT2D eigenvalue weighted by Crippen LogP contribution is 2.48. The molecule has 0 bridgehead atoms. The summed E-state index contributed by atoms with van der Waals surface area (Å²) < 4.78 is 10.7. The highest BCUT2D eigenvalue weighted by atomic mass is 16.5. The second-order valence-corrected chi connectivity index (χ2v) is 8.00. The van der Waals surface area contributed by atoms with E-state index in [1.807, 2.05) is 78.9 Å². The zero-order valence-corrected chi connectivity index (χ0v) is 18.2. The molecule has 3 N–H and O–H groups in total. The summed E-state index contributed by atoms with van der Waals surface area (Å²) in [7, 11) is 3.21. The van der Waals surface area contributed by atoms with E-state index >= 15 is 0 Å².